The number of nitrogens with one attached hydrogen (secondary N) is 2. The number of ether oxygens (including phenoxy) is 17. The van der Waals surface area contributed by atoms with Crippen molar-refractivity contribution < 1.29 is 85.6 Å². The smallest absolute Gasteiger partial charge is 0.115 e. The number of piperazine rings is 1. The maximum Gasteiger partial charge on any atom is 0.115 e. The lowest BCUT2D eigenvalue weighted by molar-refractivity contribution is -0.117. The van der Waals surface area contributed by atoms with Gasteiger partial charge in [0.1, 0.15) is 67.1 Å². The molecule has 24 heteroatoms. The summed E-state index contributed by atoms with van der Waals surface area (Å²) in [6, 6.07) is 1.72. The molecule has 0 radical (unpaired) electrons. The van der Waals surface area contributed by atoms with Crippen LogP contribution in [-0.2, 0) is 80.5 Å². The number of rotatable bonds is 11. The highest BCUT2D eigenvalue weighted by Gasteiger charge is 2.61. The maximum absolute atomic E-state index is 10.8. The van der Waals surface area contributed by atoms with Gasteiger partial charge in [-0.2, -0.15) is 0 Å². The summed E-state index contributed by atoms with van der Waals surface area (Å²) in [5, 5.41) is 18.2. The van der Waals surface area contributed by atoms with Crippen LogP contribution < -0.4 is 10.6 Å². The highest BCUT2D eigenvalue weighted by Crippen LogP contribution is 2.57. The predicted molar refractivity (Wildman–Crippen MR) is 577 cm³/mol. The molecule has 142 heavy (non-hydrogen) atoms. The van der Waals surface area contributed by atoms with Crippen molar-refractivity contribution in [3.8, 4) is 0 Å². The summed E-state index contributed by atoms with van der Waals surface area (Å²) >= 11 is 0. The third kappa shape index (κ3) is 37.7. The van der Waals surface area contributed by atoms with Crippen LogP contribution in [-0.4, -0.2) is 337 Å². The summed E-state index contributed by atoms with van der Waals surface area (Å²) in [7, 11) is 0. The van der Waals surface area contributed by atoms with Gasteiger partial charge in [0.15, 0.2) is 0 Å². The highest BCUT2D eigenvalue weighted by molar-refractivity contribution is 5.10. The Balaban J connectivity index is 0.000000181. The summed E-state index contributed by atoms with van der Waals surface area (Å²) < 4.78 is 102. The molecule has 3 saturated carbocycles. The fourth-order valence-electron chi connectivity index (χ4n) is 24.6. The molecule has 25 unspecified atom stereocenters. The molecule has 0 aromatic carbocycles. The van der Waals surface area contributed by atoms with Gasteiger partial charge in [-0.25, -0.2) is 0 Å². The van der Waals surface area contributed by atoms with Gasteiger partial charge in [-0.1, -0.05) is 69.2 Å². The first-order valence-corrected chi connectivity index (χ1v) is 56.2. The Hall–Kier alpha value is -0.960. The van der Waals surface area contributed by atoms with Gasteiger partial charge in [-0.05, 0) is 361 Å². The van der Waals surface area contributed by atoms with Crippen LogP contribution in [0.15, 0.2) is 0 Å². The van der Waals surface area contributed by atoms with Crippen LogP contribution in [0.2, 0.25) is 0 Å². The van der Waals surface area contributed by atoms with Gasteiger partial charge in [-0.15, -0.1) is 0 Å². The zero-order valence-electron chi connectivity index (χ0n) is 101. The van der Waals surface area contributed by atoms with Gasteiger partial charge in [0.2, 0.25) is 0 Å². The zero-order chi connectivity index (χ0) is 107. The Kier molecular flexibility index (Phi) is 40.9. The van der Waals surface area contributed by atoms with Crippen molar-refractivity contribution in [2.45, 2.75) is 591 Å². The van der Waals surface area contributed by atoms with E-state index in [1.807, 2.05) is 0 Å². The van der Waals surface area contributed by atoms with Crippen molar-refractivity contribution in [1.82, 2.24) is 30.2 Å². The molecule has 3 aliphatic carbocycles. The van der Waals surface area contributed by atoms with Crippen molar-refractivity contribution in [3.63, 3.8) is 0 Å². The average molecular weight is 2020 g/mol. The van der Waals surface area contributed by atoms with Gasteiger partial charge in [0.25, 0.3) is 0 Å². The van der Waals surface area contributed by atoms with Crippen molar-refractivity contribution in [1.29, 1.82) is 0 Å². The maximum atomic E-state index is 10.8. The first-order valence-electron chi connectivity index (χ1n) is 56.2. The summed E-state index contributed by atoms with van der Waals surface area (Å²) in [5.74, 6) is 4.28. The van der Waals surface area contributed by atoms with Crippen LogP contribution in [0.4, 0.5) is 0 Å². The summed E-state index contributed by atoms with van der Waals surface area (Å²) in [5.41, 5.74) is 0.450. The van der Waals surface area contributed by atoms with Gasteiger partial charge in [0.05, 0.1) is 153 Å². The number of likely N-dealkylation sites (tertiary alicyclic amines) is 2. The molecule has 0 spiro atoms. The predicted octanol–water partition coefficient (Wildman–Crippen LogP) is 21.2. The molecule has 25 atom stereocenters. The van der Waals surface area contributed by atoms with Crippen LogP contribution in [0, 0.1) is 57.2 Å². The van der Waals surface area contributed by atoms with Crippen molar-refractivity contribution >= 4 is 0 Å². The quantitative estimate of drug-likeness (QED) is 0.175. The van der Waals surface area contributed by atoms with E-state index in [2.05, 4.69) is 369 Å². The summed E-state index contributed by atoms with van der Waals surface area (Å²) in [4.78, 5) is 10.4. The molecule has 24 nitrogen and oxygen atoms in total. The Bertz CT molecular complexity index is 3530. The van der Waals surface area contributed by atoms with Crippen LogP contribution in [0.5, 0.6) is 0 Å². The zero-order valence-corrected chi connectivity index (χ0v) is 101. The molecule has 16 fully saturated rings. The second kappa shape index (κ2) is 46.6. The van der Waals surface area contributed by atoms with E-state index in [0.29, 0.717) is 104 Å². The van der Waals surface area contributed by atoms with E-state index in [1.54, 1.807) is 0 Å². The first-order chi connectivity index (χ1) is 64.0. The molecule has 0 aromatic heterocycles. The molecule has 13 heterocycles. The summed E-state index contributed by atoms with van der Waals surface area (Å²) in [6.45, 7) is 123. The van der Waals surface area contributed by atoms with Crippen LogP contribution in [0.1, 0.15) is 391 Å². The van der Waals surface area contributed by atoms with Crippen LogP contribution in [0.25, 0.3) is 0 Å². The second-order valence-corrected chi connectivity index (χ2v) is 62.3. The van der Waals surface area contributed by atoms with Crippen LogP contribution in [0.3, 0.4) is 0 Å². The van der Waals surface area contributed by atoms with Crippen LogP contribution >= 0.6 is 0 Å². The topological polar surface area (TPSA) is 214 Å². The van der Waals surface area contributed by atoms with Gasteiger partial charge in [0, 0.05) is 109 Å². The molecule has 13 saturated heterocycles. The Labute approximate surface area is 870 Å². The van der Waals surface area contributed by atoms with Crippen molar-refractivity contribution in [2.24, 2.45) is 57.2 Å². The first kappa shape index (κ1) is 125. The largest absolute Gasteiger partial charge is 0.389 e. The monoisotopic (exact) mass is 2020 g/mol. The molecule has 0 amide bonds. The SMILES string of the molecule is CC(C)(C)CC1COC2C(OC(C)(C)C)COC12.CC(C)(C)NC1CC2CN(C(C)(C)C)CC2C1.CC(C)(C)NC1COC2C(OC(C)(C)C)COC12.CC(C)(C)OC1CC2CC(O)(C(C)(C)C)CC2C1.CC(C)(C)OC1CC2CN(C(C)(C)C)CCN2C1.CC(C)(C)OC1COC2C(OC(C)(C)C)COC12.CC(C)(C)OC1COC2C1OCC2(C)C(C)(C)C.CC(C)(C)OC1COC2CN(C(C)(C)C)CC21. The van der Waals surface area contributed by atoms with E-state index in [-0.39, 0.29) is 169 Å². The molecular weight excluding hydrogens is 1790 g/mol. The van der Waals surface area contributed by atoms with E-state index in [0.717, 1.165) is 89.4 Å². The van der Waals surface area contributed by atoms with Gasteiger partial charge < -0.3 is 96.3 Å². The van der Waals surface area contributed by atoms with E-state index >= 15 is 0 Å². The Morgan fingerprint density at radius 2 is 0.676 bits per heavy atom. The third-order valence-corrected chi connectivity index (χ3v) is 31.1. The van der Waals surface area contributed by atoms with Crippen molar-refractivity contribution in [3.05, 3.63) is 0 Å². The molecule has 0 bridgehead atoms. The Morgan fingerprint density at radius 1 is 0.310 bits per heavy atom. The van der Waals surface area contributed by atoms with Gasteiger partial charge >= 0.3 is 0 Å². The number of aliphatic hydroxyl groups is 1. The fourth-order valence-corrected chi connectivity index (χ4v) is 24.6. The number of hydrogen-bond acceptors (Lipinski definition) is 24. The highest BCUT2D eigenvalue weighted by atomic mass is 16.7. The molecule has 836 valence electrons. The van der Waals surface area contributed by atoms with E-state index < -0.39 is 5.60 Å². The normalized spacial score (nSPS) is 37.0. The van der Waals surface area contributed by atoms with E-state index in [4.69, 9.17) is 80.5 Å². The average Bonchev–Trinajstić information content (AvgIpc) is 1.59. The van der Waals surface area contributed by atoms with Crippen molar-refractivity contribution in [2.75, 3.05) is 112 Å². The van der Waals surface area contributed by atoms with E-state index in [1.165, 1.54) is 52.0 Å². The number of fused-ring (bicyclic) bond motifs is 8. The minimum absolute atomic E-state index is 0.00226. The van der Waals surface area contributed by atoms with E-state index in [9.17, 15) is 5.11 Å². The number of hydrogen-bond donors (Lipinski definition) is 3. The minimum atomic E-state index is -0.463. The second-order valence-electron chi connectivity index (χ2n) is 62.3. The third-order valence-electron chi connectivity index (χ3n) is 31.1. The lowest BCUT2D eigenvalue weighted by Gasteiger charge is -2.44. The molecule has 16 aliphatic rings. The Morgan fingerprint density at radius 3 is 1.08 bits per heavy atom. The van der Waals surface area contributed by atoms with Gasteiger partial charge in [-0.3, -0.25) is 19.6 Å². The molecule has 0 aromatic rings. The lowest BCUT2D eigenvalue weighted by atomic mass is 9.65. The minimum Gasteiger partial charge on any atom is -0.389 e. The standard InChI is InChI=1S/C16H30O2.C15H30N2O.C15H30N2.2C15H28O3.C14H27NO3.C14H27NO2.C14H26O4/c1-14(2,3)16(17)9-11-7-13(8-12(11)10-16)18-15(4,5)6;1-14(2,3)17-8-7-16-11-13(9-12(16)10-17)18-15(4,5)6;1-14(2,3)16-13-7-11-9-17(15(4,5)6)10-12(11)8-13;1-13(2,3)15(7)9-17-11-10(8-16-12(11)15)18-14(4,5)6;1-14(2,3)7-10-8-16-13-11(9-17-12(10)13)18-15(4,5)6;1-13(2,3)15-9-7-16-12-10(8-17-11(9)12)18-14(4,5)6;1-13(2,3)15-7-10-11(8-15)16-9-12(10)17-14(4,5)6;1-13(2,3)17-9-7-15-12-10(8-16-11(9)12)18-14(4,5)6/h11-13,17H,7-10H2,1-6H3;12-13H,7-11H2,1-6H3;11-13,16H,7-10H2,1-6H3;10-12H,8-9H2,1-7H3;10-13H,7-9H2,1-6H3;9-12,15H,7-8H2,1-6H3;10-12H,7-9H2,1-6H3;9-12H,7-8H2,1-6H3. The number of nitrogens with zero attached hydrogens (tertiary/aromatic N) is 4. The lowest BCUT2D eigenvalue weighted by Crippen LogP contribution is -2.56. The fraction of sp³-hybridized carbons (Fsp3) is 1.00. The molecule has 13 aliphatic heterocycles. The molecule has 16 rings (SSSR count). The molecule has 3 N–H and O–H groups in total. The summed E-state index contributed by atoms with van der Waals surface area (Å²) in [6.07, 6.45) is 11.9. The molecular formula is C118H226N6O18.